The van der Waals surface area contributed by atoms with Crippen molar-refractivity contribution in [3.05, 3.63) is 106 Å². The summed E-state index contributed by atoms with van der Waals surface area (Å²) >= 11 is 6.11. The normalized spacial score (nSPS) is 14.4. The Morgan fingerprint density at radius 3 is 2.02 bits per heavy atom. The third-order valence-corrected chi connectivity index (χ3v) is 7.63. The van der Waals surface area contributed by atoms with Gasteiger partial charge in [-0.15, -0.1) is 0 Å². The number of hydrogen-bond donors (Lipinski definition) is 3. The number of piperazine rings is 1. The van der Waals surface area contributed by atoms with Crippen LogP contribution in [0.1, 0.15) is 44.3 Å². The number of rotatable bonds is 10. The monoisotopic (exact) mass is 558 g/mol. The molecule has 0 spiro atoms. The minimum atomic E-state index is -0.960. The number of hydrogen-bond acceptors (Lipinski definition) is 6. The van der Waals surface area contributed by atoms with Gasteiger partial charge in [0.2, 0.25) is 0 Å². The first-order valence-electron chi connectivity index (χ1n) is 13.3. The van der Waals surface area contributed by atoms with Crippen LogP contribution in [0.4, 0.5) is 5.69 Å². The second-order valence-electron chi connectivity index (χ2n) is 9.93. The number of aromatic carboxylic acids is 2. The number of carboxylic acid groups (broad SMARTS) is 2. The molecule has 0 atom stereocenters. The van der Waals surface area contributed by atoms with E-state index in [0.29, 0.717) is 5.02 Å². The van der Waals surface area contributed by atoms with Crippen molar-refractivity contribution in [3.63, 3.8) is 0 Å². The highest BCUT2D eigenvalue weighted by molar-refractivity contribution is 6.31. The van der Waals surface area contributed by atoms with Crippen LogP contribution in [0.2, 0.25) is 5.02 Å². The molecule has 8 nitrogen and oxygen atoms in total. The molecule has 4 aromatic rings. The Morgan fingerprint density at radius 2 is 1.45 bits per heavy atom. The molecule has 5 rings (SSSR count). The van der Waals surface area contributed by atoms with Gasteiger partial charge in [0.1, 0.15) is 0 Å². The van der Waals surface area contributed by atoms with Crippen LogP contribution in [0.3, 0.4) is 0 Å². The van der Waals surface area contributed by atoms with E-state index in [2.05, 4.69) is 20.1 Å². The van der Waals surface area contributed by atoms with Crippen LogP contribution in [0.25, 0.3) is 10.9 Å². The summed E-state index contributed by atoms with van der Waals surface area (Å²) in [5.74, 6) is -1.92. The zero-order valence-corrected chi connectivity index (χ0v) is 22.7. The van der Waals surface area contributed by atoms with Gasteiger partial charge in [-0.3, -0.25) is 9.88 Å². The lowest BCUT2D eigenvalue weighted by atomic mass is 9.94. The first-order chi connectivity index (χ1) is 19.4. The van der Waals surface area contributed by atoms with E-state index in [0.717, 1.165) is 73.4 Å². The highest BCUT2D eigenvalue weighted by Crippen LogP contribution is 2.30. The molecule has 1 saturated heterocycles. The first-order valence-corrected chi connectivity index (χ1v) is 13.7. The number of nitrogens with zero attached hydrogens (tertiary/aromatic N) is 3. The molecule has 0 amide bonds. The Morgan fingerprint density at radius 1 is 0.850 bits per heavy atom. The largest absolute Gasteiger partial charge is 0.478 e. The van der Waals surface area contributed by atoms with Gasteiger partial charge in [0.25, 0.3) is 0 Å². The van der Waals surface area contributed by atoms with Gasteiger partial charge in [-0.25, -0.2) is 9.59 Å². The molecule has 9 heteroatoms. The molecule has 1 aromatic heterocycles. The van der Waals surface area contributed by atoms with Crippen LogP contribution in [-0.2, 0) is 0 Å². The number of benzene rings is 3. The number of fused-ring (bicyclic) bond motifs is 1. The standard InChI is InChI=1S/C31H31ClN4O4/c32-25-10-11-26-27(12-14-34-28(26)20-25)33-13-1-15-35-16-18-36(19-17-35)29(21-2-6-23(7-3-21)30(37)38)22-4-8-24(9-5-22)31(39)40/h2-12,14,20,29H,1,13,15-19H2,(H,33,34)(H,37,38)(H,39,40). The third-order valence-electron chi connectivity index (χ3n) is 7.39. The molecular formula is C31H31ClN4O4. The van der Waals surface area contributed by atoms with Crippen molar-refractivity contribution in [1.82, 2.24) is 14.8 Å². The van der Waals surface area contributed by atoms with Gasteiger partial charge < -0.3 is 20.4 Å². The molecule has 1 fully saturated rings. The Hall–Kier alpha value is -3.98. The zero-order chi connectivity index (χ0) is 28.1. The average molecular weight is 559 g/mol. The van der Waals surface area contributed by atoms with Gasteiger partial charge in [-0.1, -0.05) is 35.9 Å². The summed E-state index contributed by atoms with van der Waals surface area (Å²) in [4.78, 5) is 32.0. The van der Waals surface area contributed by atoms with Crippen molar-refractivity contribution in [2.24, 2.45) is 0 Å². The summed E-state index contributed by atoms with van der Waals surface area (Å²) < 4.78 is 0. The fourth-order valence-electron chi connectivity index (χ4n) is 5.28. The third kappa shape index (κ3) is 6.42. The van der Waals surface area contributed by atoms with E-state index >= 15 is 0 Å². The predicted octanol–water partition coefficient (Wildman–Crippen LogP) is 5.49. The van der Waals surface area contributed by atoms with E-state index in [1.807, 2.05) is 48.5 Å². The van der Waals surface area contributed by atoms with Crippen molar-refractivity contribution >= 4 is 40.1 Å². The van der Waals surface area contributed by atoms with Crippen molar-refractivity contribution in [1.29, 1.82) is 0 Å². The summed E-state index contributed by atoms with van der Waals surface area (Å²) in [6.45, 7) is 5.32. The molecule has 0 radical (unpaired) electrons. The van der Waals surface area contributed by atoms with E-state index < -0.39 is 11.9 Å². The van der Waals surface area contributed by atoms with E-state index in [4.69, 9.17) is 11.6 Å². The number of carbonyl (C=O) groups is 2. The number of carboxylic acids is 2. The van der Waals surface area contributed by atoms with Crippen molar-refractivity contribution in [2.45, 2.75) is 12.5 Å². The van der Waals surface area contributed by atoms with Crippen molar-refractivity contribution in [3.8, 4) is 0 Å². The molecule has 3 N–H and O–H groups in total. The second kappa shape index (κ2) is 12.5. The summed E-state index contributed by atoms with van der Waals surface area (Å²) in [5.41, 5.74) is 4.38. The molecule has 0 bridgehead atoms. The molecule has 206 valence electrons. The minimum absolute atomic E-state index is 0.0945. The zero-order valence-electron chi connectivity index (χ0n) is 22.0. The van der Waals surface area contributed by atoms with Gasteiger partial charge in [0.05, 0.1) is 22.7 Å². The van der Waals surface area contributed by atoms with Crippen LogP contribution in [0.5, 0.6) is 0 Å². The van der Waals surface area contributed by atoms with Crippen LogP contribution in [0, 0.1) is 0 Å². The minimum Gasteiger partial charge on any atom is -0.478 e. The SMILES string of the molecule is O=C(O)c1ccc(C(c2ccc(C(=O)O)cc2)N2CCN(CCCNc3ccnc4cc(Cl)ccc34)CC2)cc1. The van der Waals surface area contributed by atoms with E-state index in [1.54, 1.807) is 30.5 Å². The van der Waals surface area contributed by atoms with Gasteiger partial charge >= 0.3 is 11.9 Å². The summed E-state index contributed by atoms with van der Waals surface area (Å²) in [5, 5.41) is 23.9. The molecule has 3 aromatic carbocycles. The summed E-state index contributed by atoms with van der Waals surface area (Å²) in [6, 6.07) is 21.6. The Kier molecular flexibility index (Phi) is 8.60. The quantitative estimate of drug-likeness (QED) is 0.219. The molecule has 0 unspecified atom stereocenters. The average Bonchev–Trinajstić information content (AvgIpc) is 2.96. The van der Waals surface area contributed by atoms with E-state index in [-0.39, 0.29) is 17.2 Å². The second-order valence-corrected chi connectivity index (χ2v) is 10.4. The smallest absolute Gasteiger partial charge is 0.335 e. The summed E-state index contributed by atoms with van der Waals surface area (Å²) in [7, 11) is 0. The van der Waals surface area contributed by atoms with Crippen molar-refractivity contribution < 1.29 is 19.8 Å². The maximum Gasteiger partial charge on any atom is 0.335 e. The van der Waals surface area contributed by atoms with Crippen LogP contribution in [0.15, 0.2) is 79.0 Å². The first kappa shape index (κ1) is 27.6. The van der Waals surface area contributed by atoms with E-state index in [1.165, 1.54) is 0 Å². The molecule has 40 heavy (non-hydrogen) atoms. The number of aromatic nitrogens is 1. The number of halogens is 1. The molecule has 2 heterocycles. The molecule has 0 saturated carbocycles. The van der Waals surface area contributed by atoms with Gasteiger partial charge in [-0.2, -0.15) is 0 Å². The lowest BCUT2D eigenvalue weighted by Gasteiger charge is -2.40. The van der Waals surface area contributed by atoms with Crippen LogP contribution in [-0.4, -0.2) is 76.2 Å². The maximum atomic E-state index is 11.4. The van der Waals surface area contributed by atoms with Crippen LogP contribution < -0.4 is 5.32 Å². The topological polar surface area (TPSA) is 106 Å². The number of nitrogens with one attached hydrogen (secondary N) is 1. The Balaban J connectivity index is 1.20. The molecule has 1 aliphatic heterocycles. The lowest BCUT2D eigenvalue weighted by molar-refractivity contribution is 0.0686. The molecule has 0 aliphatic carbocycles. The maximum absolute atomic E-state index is 11.4. The fourth-order valence-corrected chi connectivity index (χ4v) is 5.44. The fraction of sp³-hybridized carbons (Fsp3) is 0.258. The number of pyridine rings is 1. The van der Waals surface area contributed by atoms with Gasteiger partial charge in [-0.05, 0) is 72.6 Å². The Labute approximate surface area is 237 Å². The Bertz CT molecular complexity index is 1430. The van der Waals surface area contributed by atoms with Crippen LogP contribution >= 0.6 is 11.6 Å². The highest BCUT2D eigenvalue weighted by Gasteiger charge is 2.27. The van der Waals surface area contributed by atoms with E-state index in [9.17, 15) is 19.8 Å². The predicted molar refractivity (Wildman–Crippen MR) is 157 cm³/mol. The molecular weight excluding hydrogens is 528 g/mol. The highest BCUT2D eigenvalue weighted by atomic mass is 35.5. The summed E-state index contributed by atoms with van der Waals surface area (Å²) in [6.07, 6.45) is 2.79. The van der Waals surface area contributed by atoms with Gasteiger partial charge in [0, 0.05) is 55.0 Å². The molecule has 1 aliphatic rings. The van der Waals surface area contributed by atoms with Crippen molar-refractivity contribution in [2.75, 3.05) is 44.6 Å². The number of anilines is 1. The van der Waals surface area contributed by atoms with Gasteiger partial charge in [0.15, 0.2) is 0 Å². The lowest BCUT2D eigenvalue weighted by Crippen LogP contribution is -2.48.